The molecule has 0 aliphatic heterocycles. The zero-order valence-electron chi connectivity index (χ0n) is 14.9. The Kier molecular flexibility index (Phi) is 6.92. The lowest BCUT2D eigenvalue weighted by molar-refractivity contribution is -0.153. The second-order valence-electron chi connectivity index (χ2n) is 6.70. The van der Waals surface area contributed by atoms with E-state index in [0.29, 0.717) is 25.7 Å². The highest BCUT2D eigenvalue weighted by Crippen LogP contribution is 2.25. The largest absolute Gasteiger partial charge is 0.484 e. The van der Waals surface area contributed by atoms with E-state index in [0.717, 1.165) is 5.56 Å². The number of rotatable bonds is 6. The van der Waals surface area contributed by atoms with Crippen LogP contribution in [0.3, 0.4) is 0 Å². The molecule has 1 fully saturated rings. The van der Waals surface area contributed by atoms with E-state index in [2.05, 4.69) is 15.4 Å². The van der Waals surface area contributed by atoms with Gasteiger partial charge in [-0.1, -0.05) is 12.1 Å². The van der Waals surface area contributed by atoms with E-state index in [-0.39, 0.29) is 29.8 Å². The first-order valence-corrected chi connectivity index (χ1v) is 8.73. The Labute approximate surface area is 155 Å². The summed E-state index contributed by atoms with van der Waals surface area (Å²) in [5.74, 6) is -1.04. The Morgan fingerprint density at radius 1 is 1.19 bits per heavy atom. The van der Waals surface area contributed by atoms with Gasteiger partial charge in [0.05, 0.1) is 12.0 Å². The molecule has 27 heavy (non-hydrogen) atoms. The van der Waals surface area contributed by atoms with Crippen LogP contribution in [0, 0.1) is 5.92 Å². The maximum Gasteiger partial charge on any atom is 0.422 e. The van der Waals surface area contributed by atoms with Gasteiger partial charge in [0, 0.05) is 6.04 Å². The zero-order valence-corrected chi connectivity index (χ0v) is 14.9. The van der Waals surface area contributed by atoms with Gasteiger partial charge in [0.15, 0.2) is 6.61 Å². The molecule has 0 heterocycles. The molecule has 0 bridgehead atoms. The van der Waals surface area contributed by atoms with E-state index < -0.39 is 18.8 Å². The van der Waals surface area contributed by atoms with Crippen LogP contribution in [0.5, 0.6) is 5.75 Å². The molecule has 0 spiro atoms. The monoisotopic (exact) mass is 388 g/mol. The maximum atomic E-state index is 12.1. The molecular formula is C18H23F3N2O4. The van der Waals surface area contributed by atoms with Crippen molar-refractivity contribution in [2.75, 3.05) is 6.61 Å². The number of ether oxygens (including phenoxy) is 1. The van der Waals surface area contributed by atoms with Crippen LogP contribution in [0.1, 0.15) is 44.2 Å². The van der Waals surface area contributed by atoms with Crippen molar-refractivity contribution >= 4 is 12.0 Å². The van der Waals surface area contributed by atoms with Gasteiger partial charge in [0.1, 0.15) is 5.75 Å². The molecule has 1 aromatic carbocycles. The smallest absolute Gasteiger partial charge is 0.422 e. The summed E-state index contributed by atoms with van der Waals surface area (Å²) in [6, 6.07) is 5.25. The van der Waals surface area contributed by atoms with Gasteiger partial charge < -0.3 is 20.5 Å². The predicted molar refractivity (Wildman–Crippen MR) is 91.5 cm³/mol. The average Bonchev–Trinajstić information content (AvgIpc) is 2.60. The number of amides is 2. The van der Waals surface area contributed by atoms with E-state index >= 15 is 0 Å². The molecule has 1 saturated carbocycles. The number of nitrogens with one attached hydrogen (secondary N) is 2. The zero-order chi connectivity index (χ0) is 20.0. The number of aliphatic carboxylic acids is 1. The summed E-state index contributed by atoms with van der Waals surface area (Å²) in [4.78, 5) is 23.0. The van der Waals surface area contributed by atoms with Gasteiger partial charge in [-0.25, -0.2) is 4.79 Å². The fourth-order valence-corrected chi connectivity index (χ4v) is 3.01. The lowest BCUT2D eigenvalue weighted by Crippen LogP contribution is -2.44. The van der Waals surface area contributed by atoms with Crippen LogP contribution in [0.25, 0.3) is 0 Å². The van der Waals surface area contributed by atoms with Crippen molar-refractivity contribution in [3.63, 3.8) is 0 Å². The summed E-state index contributed by atoms with van der Waals surface area (Å²) in [6.45, 7) is 0.402. The second-order valence-corrected chi connectivity index (χ2v) is 6.70. The Morgan fingerprint density at radius 3 is 2.30 bits per heavy atom. The SMILES string of the molecule is CC(NC(=O)NC1CCC(C(=O)O)CC1)c1ccc(OCC(F)(F)F)cc1. The van der Waals surface area contributed by atoms with Gasteiger partial charge in [-0.2, -0.15) is 13.2 Å². The van der Waals surface area contributed by atoms with Gasteiger partial charge in [-0.3, -0.25) is 4.79 Å². The number of carbonyl (C=O) groups excluding carboxylic acids is 1. The number of alkyl halides is 3. The molecule has 1 aliphatic rings. The number of carboxylic acid groups (broad SMARTS) is 1. The van der Waals surface area contributed by atoms with E-state index in [1.165, 1.54) is 12.1 Å². The number of halogens is 3. The van der Waals surface area contributed by atoms with Crippen LogP contribution in [0.4, 0.5) is 18.0 Å². The van der Waals surface area contributed by atoms with Crippen molar-refractivity contribution in [1.29, 1.82) is 0 Å². The van der Waals surface area contributed by atoms with E-state index in [1.807, 2.05) is 0 Å². The first-order chi connectivity index (χ1) is 12.6. The fraction of sp³-hybridized carbons (Fsp3) is 0.556. The molecule has 1 aromatic rings. The highest BCUT2D eigenvalue weighted by molar-refractivity contribution is 5.75. The first-order valence-electron chi connectivity index (χ1n) is 8.73. The second kappa shape index (κ2) is 8.96. The molecular weight excluding hydrogens is 365 g/mol. The summed E-state index contributed by atoms with van der Waals surface area (Å²) in [5.41, 5.74) is 0.721. The van der Waals surface area contributed by atoms with Gasteiger partial charge in [-0.05, 0) is 50.3 Å². The van der Waals surface area contributed by atoms with Crippen LogP contribution in [0.2, 0.25) is 0 Å². The van der Waals surface area contributed by atoms with Crippen LogP contribution >= 0.6 is 0 Å². The Balaban J connectivity index is 1.78. The molecule has 0 radical (unpaired) electrons. The van der Waals surface area contributed by atoms with Crippen LogP contribution < -0.4 is 15.4 Å². The number of carboxylic acids is 1. The van der Waals surface area contributed by atoms with Crippen molar-refractivity contribution in [2.45, 2.75) is 50.9 Å². The molecule has 1 atom stereocenters. The highest BCUT2D eigenvalue weighted by atomic mass is 19.4. The van der Waals surface area contributed by atoms with E-state index in [1.54, 1.807) is 19.1 Å². The average molecular weight is 388 g/mol. The molecule has 1 unspecified atom stereocenters. The third-order valence-electron chi connectivity index (χ3n) is 4.54. The van der Waals surface area contributed by atoms with Gasteiger partial charge in [0.25, 0.3) is 0 Å². The normalized spacial score (nSPS) is 21.2. The van der Waals surface area contributed by atoms with Crippen LogP contribution in [0.15, 0.2) is 24.3 Å². The Bertz CT molecular complexity index is 641. The van der Waals surface area contributed by atoms with Crippen molar-refractivity contribution in [3.8, 4) is 5.75 Å². The quantitative estimate of drug-likeness (QED) is 0.694. The topological polar surface area (TPSA) is 87.7 Å². The molecule has 0 saturated heterocycles. The summed E-state index contributed by atoms with van der Waals surface area (Å²) in [6.07, 6.45) is -2.09. The standard InChI is InChI=1S/C18H23F3N2O4/c1-11(12-4-8-15(9-5-12)27-10-18(19,20)21)22-17(26)23-14-6-2-13(3-7-14)16(24)25/h4-5,8-9,11,13-14H,2-3,6-7,10H2,1H3,(H,24,25)(H2,22,23,26). The first kappa shape index (κ1) is 20.9. The van der Waals surface area contributed by atoms with Gasteiger partial charge >= 0.3 is 18.2 Å². The Morgan fingerprint density at radius 2 is 1.78 bits per heavy atom. The van der Waals surface area contributed by atoms with Crippen molar-refractivity contribution < 1.29 is 32.6 Å². The molecule has 6 nitrogen and oxygen atoms in total. The lowest BCUT2D eigenvalue weighted by Gasteiger charge is -2.27. The van der Waals surface area contributed by atoms with Crippen molar-refractivity contribution in [1.82, 2.24) is 10.6 Å². The van der Waals surface area contributed by atoms with E-state index in [9.17, 15) is 22.8 Å². The highest BCUT2D eigenvalue weighted by Gasteiger charge is 2.28. The molecule has 3 N–H and O–H groups in total. The van der Waals surface area contributed by atoms with Gasteiger partial charge in [0.2, 0.25) is 0 Å². The minimum Gasteiger partial charge on any atom is -0.484 e. The summed E-state index contributed by atoms with van der Waals surface area (Å²) in [5, 5.41) is 14.6. The minimum absolute atomic E-state index is 0.0639. The van der Waals surface area contributed by atoms with Gasteiger partial charge in [-0.15, -0.1) is 0 Å². The molecule has 2 amide bonds. The molecule has 0 aromatic heterocycles. The maximum absolute atomic E-state index is 12.1. The summed E-state index contributed by atoms with van der Waals surface area (Å²) in [7, 11) is 0. The predicted octanol–water partition coefficient (Wildman–Crippen LogP) is 3.63. The molecule has 150 valence electrons. The minimum atomic E-state index is -4.39. The fourth-order valence-electron chi connectivity index (χ4n) is 3.01. The molecule has 9 heteroatoms. The number of carbonyl (C=O) groups is 2. The Hall–Kier alpha value is -2.45. The van der Waals surface area contributed by atoms with Crippen molar-refractivity contribution in [2.24, 2.45) is 5.92 Å². The molecule has 1 aliphatic carbocycles. The van der Waals surface area contributed by atoms with Crippen LogP contribution in [-0.2, 0) is 4.79 Å². The van der Waals surface area contributed by atoms with E-state index in [4.69, 9.17) is 5.11 Å². The summed E-state index contributed by atoms with van der Waals surface area (Å²) >= 11 is 0. The number of benzene rings is 1. The third kappa shape index (κ3) is 6.99. The third-order valence-corrected chi connectivity index (χ3v) is 4.54. The number of urea groups is 1. The van der Waals surface area contributed by atoms with Crippen molar-refractivity contribution in [3.05, 3.63) is 29.8 Å². The number of hydrogen-bond donors (Lipinski definition) is 3. The molecule has 2 rings (SSSR count). The number of hydrogen-bond acceptors (Lipinski definition) is 3. The lowest BCUT2D eigenvalue weighted by atomic mass is 9.86. The van der Waals surface area contributed by atoms with Crippen LogP contribution in [-0.4, -0.2) is 35.9 Å². The summed E-state index contributed by atoms with van der Waals surface area (Å²) < 4.78 is 41.1.